The molecule has 0 saturated carbocycles. The van der Waals surface area contributed by atoms with Crippen LogP contribution in [-0.4, -0.2) is 120 Å². The van der Waals surface area contributed by atoms with Crippen LogP contribution in [0.4, 0.5) is 27.9 Å². The molecule has 0 radical (unpaired) electrons. The van der Waals surface area contributed by atoms with Gasteiger partial charge in [-0.3, -0.25) is 15.0 Å². The van der Waals surface area contributed by atoms with Crippen molar-refractivity contribution in [2.24, 2.45) is 11.5 Å². The van der Waals surface area contributed by atoms with Crippen molar-refractivity contribution < 1.29 is 47.5 Å². The molecule has 31 nitrogen and oxygen atoms in total. The number of allylic oxidation sites excluding steroid dienone is 2. The molecule has 33 heteroatoms. The number of nitrogens with zero attached hydrogens (tertiary/aromatic N) is 11. The number of ether oxygens (including phenoxy) is 7. The number of carbonyl (C=O) groups excluding carboxylic acids is 3. The lowest BCUT2D eigenvalue weighted by Gasteiger charge is -2.33. The average Bonchev–Trinajstić information content (AvgIpc) is 1.61. The standard InChI is InChI=1S/C23H23N5O.C18H14N4O.C17H11BrN2O.C17H13N3O.C14H12O2.C11H21NO3S.C3H2N2.CH4N2.CH3NO.CH4.H3N/c24-22-21-20(14-28(23(21)27-15-26-22)17-5-4-12-25-13-17)16-8-10-19(11-9-16)29-18-6-2-1-3-7-18;19-17-16-15(10-20-18(16)22-11-21-17)12-6-8-14(9-7-12)23-13-4-2-1-3-5-13;1-20-17(12-19)16(11-18)13-7-9-15(10-8-13)21-14-5-3-2-4-6-14;1-19-16-15(11-20-17(16)18)12-7-9-14(10-8-12)21-13-5-3-2-4-6-13;1-11(15)12-7-9-14(10-8-12)16-13-5-3-2-4-6-13;1-11(2,3)15-10(13)12-6-4-5-9(7-12)14-8-16;1-5-3-2-4;2*2-1-3;;/h1-3,6-11,14-15,17,25H,4-5,12-13H2,(H2,24,26,27);1-11H,(H3,19,20,21,22);2-10H,11H2;2-11,20H,18H2;2-10H,1H3;9,16H,4-8H2,1-3H3;3H2;1H,(H3,2,3);1H,(H2,2,3);1H4;1H3/b;;17-16-;;;;;;;;. The van der Waals surface area contributed by atoms with E-state index in [0.717, 1.165) is 164 Å². The number of amides is 2. The number of nitriles is 2. The van der Waals surface area contributed by atoms with Crippen LogP contribution in [0.25, 0.3) is 75.6 Å². The molecule has 7 heterocycles. The number of alkyl halides is 1. The minimum atomic E-state index is -0.436. The lowest BCUT2D eigenvalue weighted by atomic mass is 10.1. The SMILES string of the molecule is C.CC(=O)c1ccc(Oc2ccccc2)cc1.CC(C)(C)OC(=O)N1CCCC(OCS)C1.N.N=CN.NC=O.Nc1ncnc2[nH]cc(-c3ccc(Oc4ccccc4)cc3)c12.Nc1ncnc2c1c(-c1ccc(Oc3ccccc3)cc1)cn2C1CCCNC1.[C-]#[N+]/C(C#N)=C(/CBr)c1ccc(Oc2ccccc2)cc1.[C-]#[N+]CC#N.[C-]#[N+]c1c(-c2ccc(Oc3ccccc3)cc2)c[nH]c1N. The maximum Gasteiger partial charge on any atom is 0.410 e. The number of nitrogens with two attached hydrogens (primary N) is 5. The number of piperidine rings is 2. The smallest absolute Gasteiger partial charge is 0.410 e. The number of Topliss-reactive ketones (excluding diaryl/α,β-unsaturated/α-hetero) is 1. The monoisotopic (exact) mass is 1950 g/mol. The van der Waals surface area contributed by atoms with Gasteiger partial charge < -0.3 is 97.6 Å². The van der Waals surface area contributed by atoms with E-state index >= 15 is 0 Å². The maximum atomic E-state index is 11.8. The Morgan fingerprint density at radius 2 is 0.993 bits per heavy atom. The van der Waals surface area contributed by atoms with Crippen molar-refractivity contribution in [1.82, 2.24) is 50.8 Å². The second-order valence-electron chi connectivity index (χ2n) is 30.4. The number of rotatable bonds is 19. The highest BCUT2D eigenvalue weighted by molar-refractivity contribution is 9.09. The number of benzene rings is 10. The van der Waals surface area contributed by atoms with Crippen LogP contribution in [0.5, 0.6) is 57.5 Å². The van der Waals surface area contributed by atoms with Crippen LogP contribution in [0, 0.1) is 47.8 Å². The van der Waals surface area contributed by atoms with Crippen molar-refractivity contribution in [2.45, 2.75) is 78.6 Å². The number of halogens is 1. The van der Waals surface area contributed by atoms with E-state index in [1.165, 1.54) is 6.33 Å². The minimum absolute atomic E-state index is 0. The zero-order valence-corrected chi connectivity index (χ0v) is 78.9. The quantitative estimate of drug-likeness (QED) is 0.00342. The van der Waals surface area contributed by atoms with E-state index < -0.39 is 5.60 Å². The number of likely N-dealkylation sites (tertiary alicyclic amines) is 1. The Kier molecular flexibility index (Phi) is 45.6. The fourth-order valence-corrected chi connectivity index (χ4v) is 14.3. The number of fused-ring (bicyclic) bond motifs is 2. The second kappa shape index (κ2) is 58.1. The first-order chi connectivity index (χ1) is 66.6. The molecule has 2 aliphatic rings. The first-order valence-electron chi connectivity index (χ1n) is 42.8. The number of nitrogen functional groups attached to an aromatic ring is 3. The third-order valence-electron chi connectivity index (χ3n) is 19.8. The normalized spacial score (nSPS) is 12.5. The van der Waals surface area contributed by atoms with E-state index in [4.69, 9.17) is 90.8 Å². The largest absolute Gasteiger partial charge is 0.457 e. The van der Waals surface area contributed by atoms with Gasteiger partial charge in [0.2, 0.25) is 12.1 Å². The van der Waals surface area contributed by atoms with E-state index in [1.807, 2.05) is 270 Å². The lowest BCUT2D eigenvalue weighted by Crippen LogP contribution is -2.45. The summed E-state index contributed by atoms with van der Waals surface area (Å²) in [6.45, 7) is 30.7. The number of carbonyl (C=O) groups is 3. The highest BCUT2D eigenvalue weighted by Crippen LogP contribution is 2.40. The number of thiol groups is 1. The second-order valence-corrected chi connectivity index (χ2v) is 31.2. The van der Waals surface area contributed by atoms with Crippen LogP contribution < -0.4 is 63.8 Å². The summed E-state index contributed by atoms with van der Waals surface area (Å²) >= 11 is 7.35. The highest BCUT2D eigenvalue weighted by Gasteiger charge is 2.29. The molecule has 712 valence electrons. The van der Waals surface area contributed by atoms with Gasteiger partial charge in [0.05, 0.1) is 54.9 Å². The molecule has 17 rings (SSSR count). The van der Waals surface area contributed by atoms with Crippen molar-refractivity contribution in [2.75, 3.05) is 61.2 Å². The van der Waals surface area contributed by atoms with Gasteiger partial charge in [0.25, 0.3) is 12.2 Å². The van der Waals surface area contributed by atoms with Gasteiger partial charge in [-0.25, -0.2) is 46.3 Å². The lowest BCUT2D eigenvalue weighted by molar-refractivity contribution is -0.106. The maximum absolute atomic E-state index is 11.8. The van der Waals surface area contributed by atoms with Gasteiger partial charge >= 0.3 is 6.09 Å². The fraction of sp³-hybridized carbons (Fsp3) is 0.179. The van der Waals surface area contributed by atoms with E-state index in [0.29, 0.717) is 63.9 Å². The topological polar surface area (TPSA) is 469 Å². The number of aromatic nitrogens is 7. The van der Waals surface area contributed by atoms with E-state index in [9.17, 15) is 9.59 Å². The van der Waals surface area contributed by atoms with Gasteiger partial charge in [-0.15, -0.1) is 0 Å². The molecule has 10 aromatic carbocycles. The van der Waals surface area contributed by atoms with Gasteiger partial charge in [-0.1, -0.05) is 163 Å². The molecule has 2 aliphatic heterocycles. The number of hydrogen-bond acceptors (Lipinski definition) is 23. The van der Waals surface area contributed by atoms with Crippen LogP contribution in [0.3, 0.4) is 0 Å². The molecule has 0 spiro atoms. The van der Waals surface area contributed by atoms with Crippen LogP contribution in [0.15, 0.2) is 310 Å². The summed E-state index contributed by atoms with van der Waals surface area (Å²) in [5.74, 6) is 9.57. The van der Waals surface area contributed by atoms with Gasteiger partial charge in [-0.05, 0) is 227 Å². The van der Waals surface area contributed by atoms with Crippen molar-refractivity contribution in [3.05, 3.63) is 355 Å². The molecule has 2 atom stereocenters. The first kappa shape index (κ1) is 109. The number of anilines is 3. The number of hydrogen-bond donors (Lipinski definition) is 11. The summed E-state index contributed by atoms with van der Waals surface area (Å²) in [5.41, 5.74) is 36.3. The number of nitrogens with one attached hydrogen (secondary N) is 4. The van der Waals surface area contributed by atoms with Crippen LogP contribution >= 0.6 is 28.6 Å². The van der Waals surface area contributed by atoms with Crippen molar-refractivity contribution in [3.8, 4) is 103 Å². The summed E-state index contributed by atoms with van der Waals surface area (Å²) in [6, 6.07) is 90.0. The van der Waals surface area contributed by atoms with Crippen molar-refractivity contribution in [1.29, 1.82) is 15.9 Å². The summed E-state index contributed by atoms with van der Waals surface area (Å²) in [7, 11) is 0. The summed E-state index contributed by atoms with van der Waals surface area (Å²) < 4.78 is 41.7. The Bertz CT molecular complexity index is 6530. The van der Waals surface area contributed by atoms with Gasteiger partial charge in [0.1, 0.15) is 111 Å². The summed E-state index contributed by atoms with van der Waals surface area (Å²) in [6.07, 6.45) is 13.9. The molecular weight excluding hydrogens is 1840 g/mol. The molecule has 5 aromatic heterocycles. The number of ketones is 1. The Hall–Kier alpha value is -17.1. The summed E-state index contributed by atoms with van der Waals surface area (Å²) in [5, 5.41) is 28.1. The summed E-state index contributed by atoms with van der Waals surface area (Å²) in [4.78, 5) is 65.7. The fourth-order valence-electron chi connectivity index (χ4n) is 13.5. The van der Waals surface area contributed by atoms with Crippen molar-refractivity contribution in [3.63, 3.8) is 0 Å². The Morgan fingerprint density at radius 1 is 0.583 bits per heavy atom. The van der Waals surface area contributed by atoms with Gasteiger partial charge in [0, 0.05) is 59.1 Å². The zero-order valence-electron chi connectivity index (χ0n) is 76.4. The molecule has 2 fully saturated rings. The van der Waals surface area contributed by atoms with Crippen LogP contribution in [0.1, 0.15) is 82.8 Å². The molecule has 0 aliphatic carbocycles. The Morgan fingerprint density at radius 3 is 1.37 bits per heavy atom. The first-order valence-corrected chi connectivity index (χ1v) is 44.6. The van der Waals surface area contributed by atoms with E-state index in [2.05, 4.69) is 113 Å². The molecular formula is C106H110BrN21O10S. The molecule has 139 heavy (non-hydrogen) atoms. The molecule has 2 saturated heterocycles. The Labute approximate surface area is 822 Å². The van der Waals surface area contributed by atoms with Gasteiger partial charge in [0.15, 0.2) is 5.78 Å². The predicted octanol–water partition coefficient (Wildman–Crippen LogP) is 23.9. The zero-order chi connectivity index (χ0) is 98.1. The number of para-hydroxylation sites is 5. The van der Waals surface area contributed by atoms with E-state index in [1.54, 1.807) is 54.7 Å². The third-order valence-corrected chi connectivity index (χ3v) is 20.5. The minimum Gasteiger partial charge on any atom is -0.457 e. The molecule has 2 amide bonds. The predicted molar refractivity (Wildman–Crippen MR) is 555 cm³/mol. The van der Waals surface area contributed by atoms with Crippen molar-refractivity contribution >= 4 is 104 Å². The van der Waals surface area contributed by atoms with Crippen LogP contribution in [-0.2, 0) is 14.3 Å². The number of primary amides is 1. The molecule has 17 N–H and O–H groups in total. The third kappa shape index (κ3) is 34.4. The molecule has 2 unspecified atom stereocenters. The van der Waals surface area contributed by atoms with Gasteiger partial charge in [-0.2, -0.15) is 17.9 Å². The molecule has 15 aromatic rings. The molecule has 0 bridgehead atoms. The van der Waals surface area contributed by atoms with E-state index in [-0.39, 0.29) is 50.2 Å². The number of aromatic amines is 2. The highest BCUT2D eigenvalue weighted by atomic mass is 79.9. The average molecular weight is 1950 g/mol. The van der Waals surface area contributed by atoms with Crippen LogP contribution in [0.2, 0.25) is 0 Å². The Balaban J connectivity index is 0.000000223. The number of H-pyrrole nitrogens is 2.